The Morgan fingerprint density at radius 2 is 1.86 bits per heavy atom. The van der Waals surface area contributed by atoms with Crippen molar-refractivity contribution >= 4 is 23.5 Å². The van der Waals surface area contributed by atoms with Crippen LogP contribution >= 0.6 is 0 Å². The van der Waals surface area contributed by atoms with Gasteiger partial charge in [0, 0.05) is 36.0 Å². The number of alkyl halides is 2. The zero-order valence-corrected chi connectivity index (χ0v) is 21.3. The van der Waals surface area contributed by atoms with Crippen LogP contribution in [0.15, 0.2) is 23.8 Å². The van der Waals surface area contributed by atoms with E-state index >= 15 is 8.78 Å². The van der Waals surface area contributed by atoms with Crippen LogP contribution in [0.5, 0.6) is 0 Å². The summed E-state index contributed by atoms with van der Waals surface area (Å²) in [5, 5.41) is 11.5. The van der Waals surface area contributed by atoms with Crippen molar-refractivity contribution < 1.29 is 42.5 Å². The van der Waals surface area contributed by atoms with E-state index < -0.39 is 82.2 Å². The van der Waals surface area contributed by atoms with Crippen molar-refractivity contribution in [1.29, 1.82) is 0 Å². The van der Waals surface area contributed by atoms with Gasteiger partial charge in [0.1, 0.15) is 6.17 Å². The van der Waals surface area contributed by atoms with Gasteiger partial charge in [-0.2, -0.15) is 0 Å². The Kier molecular flexibility index (Phi) is 6.34. The lowest BCUT2D eigenvalue weighted by atomic mass is 9.44. The van der Waals surface area contributed by atoms with E-state index in [2.05, 4.69) is 0 Å². The Morgan fingerprint density at radius 1 is 1.19 bits per heavy atom. The van der Waals surface area contributed by atoms with Crippen molar-refractivity contribution in [3.05, 3.63) is 23.8 Å². The molecule has 9 heteroatoms. The number of carbonyl (C=O) groups excluding carboxylic acids is 4. The molecule has 4 aliphatic rings. The number of hydrogen-bond donors (Lipinski definition) is 1. The standard InChI is InChI=1S/C27H34F2O7/c1-6-23(34)36-27(22(33)13-35-15(3)30)14(2)9-17-18-11-20(28)19-10-16(31)7-8-24(19,4)26(18,29)21(32)12-25(17,27)5/h7-8,10,14,17-18,20-21,32H,6,9,11-13H2,1-5H3/t14-,17-,18-,20-,21-,24-,25-,26-,27-/m0/s1. The smallest absolute Gasteiger partial charge is 0.306 e. The lowest BCUT2D eigenvalue weighted by Crippen LogP contribution is -2.71. The summed E-state index contributed by atoms with van der Waals surface area (Å²) in [6, 6.07) is 0. The molecule has 0 aromatic heterocycles. The van der Waals surface area contributed by atoms with E-state index in [0.29, 0.717) is 0 Å². The lowest BCUT2D eigenvalue weighted by molar-refractivity contribution is -0.231. The van der Waals surface area contributed by atoms with Crippen LogP contribution in [0.1, 0.15) is 60.3 Å². The first-order valence-electron chi connectivity index (χ1n) is 12.5. The number of aliphatic hydroxyl groups excluding tert-OH is 1. The predicted molar refractivity (Wildman–Crippen MR) is 124 cm³/mol. The van der Waals surface area contributed by atoms with Gasteiger partial charge in [-0.3, -0.25) is 19.2 Å². The molecule has 36 heavy (non-hydrogen) atoms. The summed E-state index contributed by atoms with van der Waals surface area (Å²) >= 11 is 0. The summed E-state index contributed by atoms with van der Waals surface area (Å²) in [5.41, 5.74) is -6.90. The van der Waals surface area contributed by atoms with E-state index in [9.17, 15) is 24.3 Å². The van der Waals surface area contributed by atoms with E-state index in [1.54, 1.807) is 20.8 Å². The van der Waals surface area contributed by atoms with Gasteiger partial charge in [-0.15, -0.1) is 0 Å². The molecule has 0 saturated heterocycles. The third kappa shape index (κ3) is 3.30. The fraction of sp³-hybridized carbons (Fsp3) is 0.704. The molecule has 1 N–H and O–H groups in total. The van der Waals surface area contributed by atoms with Crippen molar-refractivity contribution in [2.75, 3.05) is 6.61 Å². The van der Waals surface area contributed by atoms with Crippen LogP contribution in [0.4, 0.5) is 8.78 Å². The molecule has 0 amide bonds. The van der Waals surface area contributed by atoms with Gasteiger partial charge < -0.3 is 14.6 Å². The Morgan fingerprint density at radius 3 is 2.47 bits per heavy atom. The van der Waals surface area contributed by atoms with Crippen LogP contribution in [0.3, 0.4) is 0 Å². The minimum absolute atomic E-state index is 0.0112. The number of allylic oxidation sites excluding steroid dienone is 4. The number of carbonyl (C=O) groups is 4. The normalized spacial score (nSPS) is 45.2. The summed E-state index contributed by atoms with van der Waals surface area (Å²) < 4.78 is 43.8. The maximum absolute atomic E-state index is 17.3. The Balaban J connectivity index is 1.85. The van der Waals surface area contributed by atoms with Crippen molar-refractivity contribution in [2.45, 2.75) is 83.8 Å². The van der Waals surface area contributed by atoms with Crippen LogP contribution in [0, 0.1) is 28.6 Å². The highest BCUT2D eigenvalue weighted by Crippen LogP contribution is 2.71. The fourth-order valence-corrected chi connectivity index (χ4v) is 7.92. The van der Waals surface area contributed by atoms with E-state index in [1.165, 1.54) is 19.1 Å². The van der Waals surface area contributed by atoms with E-state index in [0.717, 1.165) is 13.0 Å². The van der Waals surface area contributed by atoms with Gasteiger partial charge >= 0.3 is 11.9 Å². The third-order valence-corrected chi connectivity index (χ3v) is 9.55. The number of rotatable bonds is 5. The Hall–Kier alpha value is -2.42. The van der Waals surface area contributed by atoms with Crippen LogP contribution in [0.2, 0.25) is 0 Å². The summed E-state index contributed by atoms with van der Waals surface area (Å²) in [6.07, 6.45) is 0.118. The van der Waals surface area contributed by atoms with E-state index in [4.69, 9.17) is 9.47 Å². The Bertz CT molecular complexity index is 1070. The first kappa shape index (κ1) is 26.6. The second-order valence-corrected chi connectivity index (χ2v) is 11.3. The minimum Gasteiger partial charge on any atom is -0.458 e. The highest BCUT2D eigenvalue weighted by atomic mass is 19.1. The summed E-state index contributed by atoms with van der Waals surface area (Å²) in [6.45, 7) is 6.99. The number of ether oxygens (including phenoxy) is 2. The molecule has 0 spiro atoms. The molecule has 4 aliphatic carbocycles. The highest BCUT2D eigenvalue weighted by molar-refractivity contribution is 6.01. The fourth-order valence-electron chi connectivity index (χ4n) is 7.92. The molecule has 3 fully saturated rings. The van der Waals surface area contributed by atoms with Gasteiger partial charge in [0.25, 0.3) is 0 Å². The quantitative estimate of drug-likeness (QED) is 0.568. The van der Waals surface area contributed by atoms with Gasteiger partial charge in [0.05, 0.1) is 6.10 Å². The molecule has 0 aromatic rings. The molecule has 198 valence electrons. The number of fused-ring (bicyclic) bond motifs is 5. The monoisotopic (exact) mass is 508 g/mol. The maximum Gasteiger partial charge on any atom is 0.306 e. The molecule has 0 aliphatic heterocycles. The molecular formula is C27H34F2O7. The largest absolute Gasteiger partial charge is 0.458 e. The molecular weight excluding hydrogens is 474 g/mol. The van der Waals surface area contributed by atoms with Gasteiger partial charge in [0.2, 0.25) is 5.78 Å². The molecule has 0 aromatic carbocycles. The van der Waals surface area contributed by atoms with Crippen LogP contribution < -0.4 is 0 Å². The summed E-state index contributed by atoms with van der Waals surface area (Å²) in [4.78, 5) is 49.7. The van der Waals surface area contributed by atoms with E-state index in [-0.39, 0.29) is 31.3 Å². The second kappa shape index (κ2) is 8.57. The van der Waals surface area contributed by atoms with Gasteiger partial charge in [-0.1, -0.05) is 26.8 Å². The van der Waals surface area contributed by atoms with Crippen molar-refractivity contribution in [3.63, 3.8) is 0 Å². The van der Waals surface area contributed by atoms with Gasteiger partial charge in [-0.25, -0.2) is 8.78 Å². The zero-order valence-electron chi connectivity index (χ0n) is 21.3. The first-order valence-corrected chi connectivity index (χ1v) is 12.5. The average Bonchev–Trinajstić information content (AvgIpc) is 3.02. The second-order valence-electron chi connectivity index (χ2n) is 11.3. The first-order chi connectivity index (χ1) is 16.7. The molecule has 4 rings (SSSR count). The molecule has 0 radical (unpaired) electrons. The number of halogens is 2. The Labute approximate surface area is 209 Å². The number of ketones is 2. The topological polar surface area (TPSA) is 107 Å². The van der Waals surface area contributed by atoms with Gasteiger partial charge in [-0.05, 0) is 49.8 Å². The summed E-state index contributed by atoms with van der Waals surface area (Å²) in [7, 11) is 0. The van der Waals surface area contributed by atoms with E-state index in [1.807, 2.05) is 0 Å². The molecule has 0 unspecified atom stereocenters. The number of esters is 2. The minimum atomic E-state index is -2.31. The third-order valence-electron chi connectivity index (χ3n) is 9.55. The average molecular weight is 509 g/mol. The predicted octanol–water partition coefficient (Wildman–Crippen LogP) is 3.38. The maximum atomic E-state index is 17.3. The van der Waals surface area contributed by atoms with Crippen molar-refractivity contribution in [1.82, 2.24) is 0 Å². The molecule has 9 atom stereocenters. The van der Waals surface area contributed by atoms with Crippen LogP contribution in [-0.4, -0.2) is 58.8 Å². The zero-order chi connectivity index (χ0) is 26.8. The molecule has 3 saturated carbocycles. The lowest BCUT2D eigenvalue weighted by Gasteiger charge is -2.63. The molecule has 7 nitrogen and oxygen atoms in total. The number of aliphatic hydroxyl groups is 1. The van der Waals surface area contributed by atoms with Crippen molar-refractivity contribution in [2.24, 2.45) is 28.6 Å². The van der Waals surface area contributed by atoms with Crippen LogP contribution in [0.25, 0.3) is 0 Å². The summed E-state index contributed by atoms with van der Waals surface area (Å²) in [5.74, 6) is -4.66. The van der Waals surface area contributed by atoms with Crippen LogP contribution in [-0.2, 0) is 28.7 Å². The van der Waals surface area contributed by atoms with Crippen molar-refractivity contribution in [3.8, 4) is 0 Å². The number of Topliss-reactive ketones (excluding diaryl/α,β-unsaturated/α-hetero) is 1. The SMILES string of the molecule is CCC(=O)O[C@]1(C(=O)COC(C)=O)[C@@H](C)C[C@H]2[C@@H]3C[C@H](F)C4=CC(=O)C=C[C@]4(C)[C@@]3(F)[C@@H](O)C[C@@]21C. The van der Waals surface area contributed by atoms with Gasteiger partial charge in [0.15, 0.2) is 23.7 Å². The number of hydrogen-bond acceptors (Lipinski definition) is 7. The highest BCUT2D eigenvalue weighted by Gasteiger charge is 2.78. The molecule has 0 heterocycles. The molecule has 0 bridgehead atoms.